The van der Waals surface area contributed by atoms with Gasteiger partial charge < -0.3 is 10.0 Å². The summed E-state index contributed by atoms with van der Waals surface area (Å²) < 4.78 is 68.5. The molecule has 1 aliphatic rings. The number of aromatic nitrogens is 1. The highest BCUT2D eigenvalue weighted by atomic mass is 35.5. The first-order chi connectivity index (χ1) is 12.1. The maximum absolute atomic E-state index is 14.5. The van der Waals surface area contributed by atoms with Crippen molar-refractivity contribution in [3.05, 3.63) is 58.1 Å². The molecule has 0 radical (unpaired) electrons. The van der Waals surface area contributed by atoms with Gasteiger partial charge in [-0.1, -0.05) is 11.6 Å². The molecule has 4 nitrogen and oxygen atoms in total. The molecule has 0 fully saturated rings. The second-order valence-corrected chi connectivity index (χ2v) is 6.05. The van der Waals surface area contributed by atoms with Gasteiger partial charge in [-0.25, -0.2) is 13.2 Å². The van der Waals surface area contributed by atoms with Gasteiger partial charge in [0.05, 0.1) is 22.8 Å². The Bertz CT molecular complexity index is 878. The number of hydrogen-bond acceptors (Lipinski definition) is 3. The van der Waals surface area contributed by atoms with E-state index in [1.165, 1.54) is 18.5 Å². The van der Waals surface area contributed by atoms with Crippen molar-refractivity contribution in [3.63, 3.8) is 0 Å². The molecule has 1 amide bonds. The Balaban J connectivity index is 2.14. The fourth-order valence-corrected chi connectivity index (χ4v) is 3.02. The van der Waals surface area contributed by atoms with E-state index in [4.69, 9.17) is 11.6 Å². The quantitative estimate of drug-likeness (QED) is 0.805. The summed E-state index contributed by atoms with van der Waals surface area (Å²) in [5, 5.41) is 9.70. The van der Waals surface area contributed by atoms with Crippen LogP contribution in [0.25, 0.3) is 0 Å². The van der Waals surface area contributed by atoms with Gasteiger partial charge in [0.15, 0.2) is 0 Å². The summed E-state index contributed by atoms with van der Waals surface area (Å²) in [4.78, 5) is 16.5. The third kappa shape index (κ3) is 2.90. The van der Waals surface area contributed by atoms with Crippen molar-refractivity contribution in [2.45, 2.75) is 25.0 Å². The van der Waals surface area contributed by atoms with Crippen molar-refractivity contribution in [1.82, 2.24) is 4.98 Å². The number of fused-ring (bicyclic) bond motifs is 1. The smallest absolute Gasteiger partial charge is 0.352 e. The van der Waals surface area contributed by atoms with Crippen molar-refractivity contribution in [2.24, 2.45) is 0 Å². The number of aliphatic hydroxyl groups is 1. The van der Waals surface area contributed by atoms with E-state index in [2.05, 4.69) is 4.98 Å². The first kappa shape index (κ1) is 18.5. The summed E-state index contributed by atoms with van der Waals surface area (Å²) >= 11 is 5.77. The second-order valence-electron chi connectivity index (χ2n) is 5.61. The van der Waals surface area contributed by atoms with E-state index in [-0.39, 0.29) is 11.6 Å². The molecular weight excluding hydrogens is 383 g/mol. The molecule has 2 aromatic rings. The van der Waals surface area contributed by atoms with Crippen molar-refractivity contribution in [2.75, 3.05) is 4.90 Å². The highest BCUT2D eigenvalue weighted by Gasteiger charge is 2.55. The molecule has 0 bridgehead atoms. The number of anilines is 1. The van der Waals surface area contributed by atoms with Crippen LogP contribution < -0.4 is 4.90 Å². The predicted octanol–water partition coefficient (Wildman–Crippen LogP) is 3.81. The monoisotopic (exact) mass is 392 g/mol. The van der Waals surface area contributed by atoms with E-state index < -0.39 is 47.0 Å². The molecule has 0 aliphatic carbocycles. The summed E-state index contributed by atoms with van der Waals surface area (Å²) in [7, 11) is 0. The highest BCUT2D eigenvalue weighted by Crippen LogP contribution is 2.49. The third-order valence-corrected chi connectivity index (χ3v) is 4.13. The lowest BCUT2D eigenvalue weighted by Gasteiger charge is -2.18. The molecule has 0 saturated carbocycles. The number of halogens is 6. The van der Waals surface area contributed by atoms with Crippen LogP contribution in [0, 0.1) is 5.82 Å². The fourth-order valence-electron chi connectivity index (χ4n) is 2.82. The number of rotatable bonds is 4. The average Bonchev–Trinajstić information content (AvgIpc) is 2.75. The van der Waals surface area contributed by atoms with E-state index in [0.29, 0.717) is 16.5 Å². The van der Waals surface area contributed by atoms with Crippen LogP contribution in [0.3, 0.4) is 0 Å². The number of benzene rings is 1. The predicted molar refractivity (Wildman–Crippen MR) is 81.7 cm³/mol. The summed E-state index contributed by atoms with van der Waals surface area (Å²) in [5.41, 5.74) is -2.71. The molecule has 3 rings (SSSR count). The molecule has 1 aliphatic heterocycles. The molecule has 0 saturated heterocycles. The lowest BCUT2D eigenvalue weighted by molar-refractivity contribution is -0.142. The summed E-state index contributed by atoms with van der Waals surface area (Å²) in [6, 6.07) is 2.91. The van der Waals surface area contributed by atoms with E-state index in [9.17, 15) is 31.9 Å². The number of pyridine rings is 1. The van der Waals surface area contributed by atoms with Crippen molar-refractivity contribution in [1.29, 1.82) is 0 Å². The zero-order valence-corrected chi connectivity index (χ0v) is 13.5. The van der Waals surface area contributed by atoms with Gasteiger partial charge in [-0.15, -0.1) is 0 Å². The van der Waals surface area contributed by atoms with E-state index in [1.807, 2.05) is 0 Å². The highest BCUT2D eigenvalue weighted by molar-refractivity contribution is 6.30. The van der Waals surface area contributed by atoms with Gasteiger partial charge in [0.25, 0.3) is 6.43 Å². The van der Waals surface area contributed by atoms with Crippen LogP contribution in [0.15, 0.2) is 30.6 Å². The lowest BCUT2D eigenvalue weighted by atomic mass is 9.97. The largest absolute Gasteiger partial charge is 0.382 e. The van der Waals surface area contributed by atoms with E-state index >= 15 is 0 Å². The van der Waals surface area contributed by atoms with Gasteiger partial charge in [-0.05, 0) is 23.8 Å². The van der Waals surface area contributed by atoms with Crippen LogP contribution in [0.2, 0.25) is 5.02 Å². The number of aliphatic hydroxyl groups excluding tert-OH is 1. The van der Waals surface area contributed by atoms with Gasteiger partial charge in [0.1, 0.15) is 11.9 Å². The fraction of sp³-hybridized carbons (Fsp3) is 0.250. The molecule has 1 aromatic heterocycles. The van der Waals surface area contributed by atoms with Gasteiger partial charge in [0, 0.05) is 18.0 Å². The number of carbonyl (C=O) groups excluding carboxylic acids is 1. The van der Waals surface area contributed by atoms with Crippen LogP contribution in [-0.4, -0.2) is 22.4 Å². The molecule has 0 spiro atoms. The average molecular weight is 393 g/mol. The lowest BCUT2D eigenvalue weighted by Crippen LogP contribution is -2.34. The third-order valence-electron chi connectivity index (χ3n) is 3.93. The van der Waals surface area contributed by atoms with Gasteiger partial charge in [-0.3, -0.25) is 9.78 Å². The van der Waals surface area contributed by atoms with Crippen LogP contribution in [0.5, 0.6) is 0 Å². The van der Waals surface area contributed by atoms with E-state index in [0.717, 1.165) is 6.07 Å². The van der Waals surface area contributed by atoms with Crippen molar-refractivity contribution in [3.8, 4) is 0 Å². The van der Waals surface area contributed by atoms with Crippen molar-refractivity contribution >= 4 is 23.2 Å². The Morgan fingerprint density at radius 2 is 1.96 bits per heavy atom. The van der Waals surface area contributed by atoms with Gasteiger partial charge in [-0.2, -0.15) is 8.78 Å². The Morgan fingerprint density at radius 3 is 2.58 bits per heavy atom. The molecule has 1 N–H and O–H groups in total. The Kier molecular flexibility index (Phi) is 4.61. The molecular formula is C16H10ClF5N2O2. The number of amides is 1. The van der Waals surface area contributed by atoms with Crippen LogP contribution >= 0.6 is 11.6 Å². The normalized spacial score (nSPS) is 16.9. The standard InChI is InChI=1S/C16H10ClF5N2O2/c17-8-3-7(4-23-5-8)6-24-10-2-1-9(18)11(13(25)14(19)20)12(10)16(21,22)15(24)26/h1-5,13-14,25H,6H2. The number of alkyl halides is 4. The number of hydrogen-bond donors (Lipinski definition) is 1. The second kappa shape index (κ2) is 6.48. The number of nitrogens with zero attached hydrogens (tertiary/aromatic N) is 2. The summed E-state index contributed by atoms with van der Waals surface area (Å²) in [6.07, 6.45) is -3.72. The molecule has 1 atom stereocenters. The van der Waals surface area contributed by atoms with Crippen molar-refractivity contribution < 1.29 is 31.9 Å². The zero-order chi connectivity index (χ0) is 19.2. The SMILES string of the molecule is O=C1N(Cc2cncc(Cl)c2)c2ccc(F)c(C(O)C(F)F)c2C1(F)F. The molecule has 2 heterocycles. The first-order valence-corrected chi connectivity index (χ1v) is 7.60. The van der Waals surface area contributed by atoms with Crippen LogP contribution in [0.4, 0.5) is 27.6 Å². The van der Waals surface area contributed by atoms with Gasteiger partial charge >= 0.3 is 11.8 Å². The Hall–Kier alpha value is -2.26. The molecule has 10 heteroatoms. The molecule has 1 unspecified atom stereocenters. The van der Waals surface area contributed by atoms with E-state index in [1.54, 1.807) is 0 Å². The minimum Gasteiger partial charge on any atom is -0.382 e. The Morgan fingerprint density at radius 1 is 1.27 bits per heavy atom. The molecule has 1 aromatic carbocycles. The summed E-state index contributed by atoms with van der Waals surface area (Å²) in [6.45, 7) is -0.384. The zero-order valence-electron chi connectivity index (χ0n) is 12.8. The molecule has 138 valence electrons. The van der Waals surface area contributed by atoms with Gasteiger partial charge in [0.2, 0.25) is 0 Å². The van der Waals surface area contributed by atoms with Crippen LogP contribution in [-0.2, 0) is 17.3 Å². The minimum atomic E-state index is -4.27. The number of carbonyl (C=O) groups is 1. The topological polar surface area (TPSA) is 53.4 Å². The molecule has 26 heavy (non-hydrogen) atoms. The maximum Gasteiger partial charge on any atom is 0.352 e. The maximum atomic E-state index is 14.5. The first-order valence-electron chi connectivity index (χ1n) is 7.23. The Labute approximate surface area is 148 Å². The summed E-state index contributed by atoms with van der Waals surface area (Å²) in [5.74, 6) is -7.44. The van der Waals surface area contributed by atoms with Crippen LogP contribution in [0.1, 0.15) is 22.8 Å². The minimum absolute atomic E-state index is 0.203.